The molecule has 2 nitrogen and oxygen atoms in total. The van der Waals surface area contributed by atoms with Crippen LogP contribution in [0.3, 0.4) is 0 Å². The third kappa shape index (κ3) is 5.65. The van der Waals surface area contributed by atoms with E-state index in [1.54, 1.807) is 12.1 Å². The van der Waals surface area contributed by atoms with Crippen molar-refractivity contribution in [2.75, 3.05) is 0 Å². The molecule has 0 saturated heterocycles. The maximum absolute atomic E-state index is 13.2. The van der Waals surface area contributed by atoms with Gasteiger partial charge in [0.1, 0.15) is 0 Å². The Morgan fingerprint density at radius 3 is 2.39 bits per heavy atom. The number of benzene rings is 1. The van der Waals surface area contributed by atoms with Gasteiger partial charge in [-0.1, -0.05) is 40.0 Å². The van der Waals surface area contributed by atoms with Crippen molar-refractivity contribution in [3.8, 4) is 0 Å². The number of fused-ring (bicyclic) bond motifs is 5. The normalized spacial score (nSPS) is 39.8. The summed E-state index contributed by atoms with van der Waals surface area (Å²) in [7, 11) is 0. The molecule has 1 aromatic rings. The monoisotopic (exact) mass is 588 g/mol. The first-order chi connectivity index (χ1) is 18.1. The minimum absolute atomic E-state index is 0.235. The molecule has 0 heterocycles. The summed E-state index contributed by atoms with van der Waals surface area (Å²) in [6, 6.07) is 6.30. The molecule has 0 N–H and O–H groups in total. The molecule has 0 aromatic heterocycles. The first-order valence-electron chi connectivity index (χ1n) is 15.8. The van der Waals surface area contributed by atoms with Crippen molar-refractivity contribution in [1.29, 1.82) is 0 Å². The molecule has 5 rings (SSSR count). The summed E-state index contributed by atoms with van der Waals surface area (Å²) in [6.07, 6.45) is 16.7. The Bertz CT molecular complexity index is 977. The fourth-order valence-electron chi connectivity index (χ4n) is 10.1. The molecule has 4 fully saturated rings. The van der Waals surface area contributed by atoms with Gasteiger partial charge in [0.05, 0.1) is 0 Å². The van der Waals surface area contributed by atoms with Gasteiger partial charge in [-0.05, 0) is 5.92 Å². The second kappa shape index (κ2) is 11.6. The van der Waals surface area contributed by atoms with Crippen molar-refractivity contribution in [3.63, 3.8) is 0 Å². The fraction of sp³-hybridized carbons (Fsp3) is 0.794. The van der Waals surface area contributed by atoms with Crippen LogP contribution in [0.15, 0.2) is 29.3 Å². The molecule has 4 heteroatoms. The topological polar surface area (TPSA) is 21.6 Å². The van der Waals surface area contributed by atoms with Crippen LogP contribution in [-0.4, -0.2) is 26.9 Å². The molecule has 0 aliphatic heterocycles. The van der Waals surface area contributed by atoms with Gasteiger partial charge in [0.15, 0.2) is 0 Å². The van der Waals surface area contributed by atoms with Gasteiger partial charge >= 0.3 is 195 Å². The molecule has 1 unspecified atom stereocenters. The molecule has 1 radical (unpaired) electrons. The van der Waals surface area contributed by atoms with E-state index < -0.39 is 0 Å². The van der Waals surface area contributed by atoms with Crippen LogP contribution in [0.2, 0.25) is 0 Å². The number of halogens is 1. The van der Waals surface area contributed by atoms with E-state index in [9.17, 15) is 4.39 Å². The predicted octanol–water partition coefficient (Wildman–Crippen LogP) is 9.49. The van der Waals surface area contributed by atoms with E-state index in [1.807, 2.05) is 0 Å². The maximum atomic E-state index is 13.2. The zero-order chi connectivity index (χ0) is 27.1. The van der Waals surface area contributed by atoms with E-state index in [2.05, 4.69) is 55.6 Å². The van der Waals surface area contributed by atoms with E-state index in [4.69, 9.17) is 4.74 Å². The number of nitrogens with zero attached hydrogens (tertiary/aromatic N) is 1. The molecule has 0 amide bonds. The summed E-state index contributed by atoms with van der Waals surface area (Å²) in [5.74, 6) is 5.98. The van der Waals surface area contributed by atoms with Crippen molar-refractivity contribution in [1.82, 2.24) is 0 Å². The van der Waals surface area contributed by atoms with E-state index >= 15 is 0 Å². The van der Waals surface area contributed by atoms with Crippen LogP contribution < -0.4 is 0 Å². The number of rotatable bonds is 7. The quantitative estimate of drug-likeness (QED) is 0.177. The molecule has 4 saturated carbocycles. The molecular formula is C34H51FNOSe. The Balaban J connectivity index is 1.21. The zero-order valence-electron chi connectivity index (χ0n) is 24.6. The van der Waals surface area contributed by atoms with Gasteiger partial charge in [-0.3, -0.25) is 0 Å². The van der Waals surface area contributed by atoms with E-state index in [0.29, 0.717) is 15.6 Å². The van der Waals surface area contributed by atoms with Crippen LogP contribution in [-0.2, 0) is 4.74 Å². The predicted molar refractivity (Wildman–Crippen MR) is 157 cm³/mol. The average molecular weight is 588 g/mol. The Labute approximate surface area is 240 Å². The van der Waals surface area contributed by atoms with Crippen molar-refractivity contribution in [2.24, 2.45) is 57.2 Å². The van der Waals surface area contributed by atoms with Gasteiger partial charge in [0.2, 0.25) is 0 Å². The standard InChI is InChI=1S/C34H51FNOSe/c1-22(2)7-6-8-23(3)29-15-16-30-28-14-9-24-21-27(37-32(38)36-26-12-10-25(35)11-13-26)17-19-33(24,4)31(28)18-20-34(29,30)5/h10-13,22-24,27-31H,6-9,14-21H2,1-5H3/t23-,24?,27+,28+,29-,30+,31+,33+,34-/m1/s1. The third-order valence-electron chi connectivity index (χ3n) is 12.1. The number of ether oxygens (including phenoxy) is 1. The Morgan fingerprint density at radius 2 is 1.66 bits per heavy atom. The second-order valence-corrected chi connectivity index (χ2v) is 15.3. The summed E-state index contributed by atoms with van der Waals surface area (Å²) in [5, 5.41) is 0. The number of hydrogen-bond donors (Lipinski definition) is 0. The van der Waals surface area contributed by atoms with E-state index in [0.717, 1.165) is 60.0 Å². The molecule has 0 spiro atoms. The van der Waals surface area contributed by atoms with Crippen LogP contribution in [0.25, 0.3) is 0 Å². The Hall–Kier alpha value is -0.861. The fourth-order valence-corrected chi connectivity index (χ4v) is 10.6. The van der Waals surface area contributed by atoms with Crippen LogP contribution in [0.5, 0.6) is 0 Å². The average Bonchev–Trinajstić information content (AvgIpc) is 3.23. The van der Waals surface area contributed by atoms with E-state index in [1.165, 1.54) is 76.3 Å². The summed E-state index contributed by atoms with van der Waals surface area (Å²) in [6.45, 7) is 12.7. The first-order valence-corrected chi connectivity index (χ1v) is 16.6. The number of hydrogen-bond acceptors (Lipinski definition) is 2. The summed E-state index contributed by atoms with van der Waals surface area (Å²) in [5.41, 5.74) is 1.78. The van der Waals surface area contributed by atoms with Crippen molar-refractivity contribution < 1.29 is 9.13 Å². The van der Waals surface area contributed by atoms with Gasteiger partial charge < -0.3 is 0 Å². The summed E-state index contributed by atoms with van der Waals surface area (Å²) in [4.78, 5) is 5.14. The van der Waals surface area contributed by atoms with Crippen molar-refractivity contribution >= 4 is 26.5 Å². The van der Waals surface area contributed by atoms with Crippen LogP contribution in [0, 0.1) is 58.1 Å². The number of aliphatic imine (C=N–C) groups is 1. The first kappa shape index (κ1) is 28.7. The van der Waals surface area contributed by atoms with Gasteiger partial charge in [-0.2, -0.15) is 0 Å². The van der Waals surface area contributed by atoms with Crippen molar-refractivity contribution in [2.45, 2.75) is 118 Å². The Morgan fingerprint density at radius 1 is 0.947 bits per heavy atom. The second-order valence-electron chi connectivity index (χ2n) is 14.6. The zero-order valence-corrected chi connectivity index (χ0v) is 26.3. The molecule has 38 heavy (non-hydrogen) atoms. The molecule has 1 aromatic carbocycles. The van der Waals surface area contributed by atoms with Crippen LogP contribution in [0.1, 0.15) is 112 Å². The van der Waals surface area contributed by atoms with Crippen molar-refractivity contribution in [3.05, 3.63) is 30.1 Å². The Kier molecular flexibility index (Phi) is 8.72. The SMILES string of the molecule is CC(C)CCC[C@@H](C)[C@H]1CC[C@H]2[C@@H]3CCC4C[C@@H](OC([Se])=Nc5ccc(F)cc5)CC[C@]4(C)[C@H]3CC[C@]12C. The molecule has 0 bridgehead atoms. The molecule has 4 aliphatic carbocycles. The molecule has 211 valence electrons. The minimum atomic E-state index is -0.235. The van der Waals surface area contributed by atoms with Gasteiger partial charge in [-0.25, -0.2) is 0 Å². The van der Waals surface area contributed by atoms with E-state index in [-0.39, 0.29) is 11.9 Å². The third-order valence-corrected chi connectivity index (χ3v) is 12.5. The van der Waals surface area contributed by atoms with Crippen LogP contribution in [0.4, 0.5) is 10.1 Å². The van der Waals surface area contributed by atoms with Gasteiger partial charge in [-0.15, -0.1) is 0 Å². The molecule has 9 atom stereocenters. The summed E-state index contributed by atoms with van der Waals surface area (Å²) < 4.78 is 19.6. The molecular weight excluding hydrogens is 536 g/mol. The summed E-state index contributed by atoms with van der Waals surface area (Å²) >= 11 is 3.01. The van der Waals surface area contributed by atoms with Crippen LogP contribution >= 0.6 is 0 Å². The molecule has 4 aliphatic rings. The van der Waals surface area contributed by atoms with Gasteiger partial charge in [0, 0.05) is 0 Å². The van der Waals surface area contributed by atoms with Gasteiger partial charge in [0.25, 0.3) is 0 Å².